The van der Waals surface area contributed by atoms with E-state index in [2.05, 4.69) is 15.6 Å². The Balaban J connectivity index is 2.08. The number of pyridine rings is 1. The fourth-order valence-corrected chi connectivity index (χ4v) is 2.48. The zero-order chi connectivity index (χ0) is 20.0. The predicted octanol–water partition coefficient (Wildman–Crippen LogP) is 3.23. The molecule has 1 aromatic carbocycles. The fraction of sp³-hybridized carbons (Fsp3) is 0.316. The van der Waals surface area contributed by atoms with Crippen molar-refractivity contribution in [1.29, 1.82) is 0 Å². The second-order valence-electron chi connectivity index (χ2n) is 5.99. The number of rotatable bonds is 7. The standard InChI is InChI=1S/C19H21F2N3O3/c1-11-7-15(8-18(23-11)24-13(3)25)19(26)22-9-14-5-4-6-16(12(14)2)27-10-17(20)21/h4-8,17H,9-10H2,1-3H3,(H,22,26)(H,23,24,25). The van der Waals surface area contributed by atoms with Crippen LogP contribution in [0, 0.1) is 13.8 Å². The van der Waals surface area contributed by atoms with Crippen LogP contribution < -0.4 is 15.4 Å². The number of carbonyl (C=O) groups is 2. The molecule has 6 nitrogen and oxygen atoms in total. The molecule has 144 valence electrons. The second kappa shape index (κ2) is 9.07. The quantitative estimate of drug-likeness (QED) is 0.776. The van der Waals surface area contributed by atoms with Crippen molar-refractivity contribution in [3.8, 4) is 5.75 Å². The van der Waals surface area contributed by atoms with Crippen LogP contribution in [0.1, 0.15) is 34.1 Å². The molecule has 1 aromatic heterocycles. The summed E-state index contributed by atoms with van der Waals surface area (Å²) in [5.74, 6) is 0.0297. The average Bonchev–Trinajstić information content (AvgIpc) is 2.58. The Bertz CT molecular complexity index is 841. The summed E-state index contributed by atoms with van der Waals surface area (Å²) in [6, 6.07) is 8.16. The van der Waals surface area contributed by atoms with Crippen molar-refractivity contribution in [2.45, 2.75) is 33.7 Å². The first-order valence-electron chi connectivity index (χ1n) is 8.30. The first-order chi connectivity index (χ1) is 12.8. The van der Waals surface area contributed by atoms with Gasteiger partial charge in [-0.3, -0.25) is 9.59 Å². The molecule has 2 rings (SSSR count). The molecular formula is C19H21F2N3O3. The summed E-state index contributed by atoms with van der Waals surface area (Å²) in [6.45, 7) is 4.34. The molecule has 8 heteroatoms. The van der Waals surface area contributed by atoms with E-state index in [1.807, 2.05) is 0 Å². The highest BCUT2D eigenvalue weighted by Crippen LogP contribution is 2.22. The first-order valence-corrected chi connectivity index (χ1v) is 8.30. The van der Waals surface area contributed by atoms with Gasteiger partial charge in [0.2, 0.25) is 5.91 Å². The summed E-state index contributed by atoms with van der Waals surface area (Å²) >= 11 is 0. The van der Waals surface area contributed by atoms with Crippen LogP contribution in [0.25, 0.3) is 0 Å². The van der Waals surface area contributed by atoms with Gasteiger partial charge in [0.15, 0.2) is 0 Å². The largest absolute Gasteiger partial charge is 0.487 e. The number of amides is 2. The molecule has 2 amide bonds. The SMILES string of the molecule is CC(=O)Nc1cc(C(=O)NCc2cccc(OCC(F)F)c2C)cc(C)n1. The number of hydrogen-bond acceptors (Lipinski definition) is 4. The monoisotopic (exact) mass is 377 g/mol. The van der Waals surface area contributed by atoms with E-state index < -0.39 is 13.0 Å². The lowest BCUT2D eigenvalue weighted by Gasteiger charge is -2.13. The maximum Gasteiger partial charge on any atom is 0.272 e. The van der Waals surface area contributed by atoms with Crippen molar-refractivity contribution in [2.75, 3.05) is 11.9 Å². The van der Waals surface area contributed by atoms with Crippen LogP contribution in [0.5, 0.6) is 5.75 Å². The normalized spacial score (nSPS) is 10.6. The number of halogens is 2. The van der Waals surface area contributed by atoms with E-state index in [4.69, 9.17) is 4.74 Å². The Morgan fingerprint density at radius 2 is 1.96 bits per heavy atom. The fourth-order valence-electron chi connectivity index (χ4n) is 2.48. The first kappa shape index (κ1) is 20.3. The summed E-state index contributed by atoms with van der Waals surface area (Å²) in [7, 11) is 0. The van der Waals surface area contributed by atoms with Gasteiger partial charge in [0.25, 0.3) is 12.3 Å². The predicted molar refractivity (Wildman–Crippen MR) is 97.1 cm³/mol. The van der Waals surface area contributed by atoms with E-state index in [0.717, 1.165) is 5.56 Å². The molecule has 0 aliphatic carbocycles. The highest BCUT2D eigenvalue weighted by molar-refractivity contribution is 5.96. The highest BCUT2D eigenvalue weighted by Gasteiger charge is 2.12. The van der Waals surface area contributed by atoms with Crippen molar-refractivity contribution in [3.05, 3.63) is 52.7 Å². The van der Waals surface area contributed by atoms with Crippen LogP contribution in [-0.4, -0.2) is 29.8 Å². The summed E-state index contributed by atoms with van der Waals surface area (Å²) in [4.78, 5) is 27.8. The van der Waals surface area contributed by atoms with Gasteiger partial charge < -0.3 is 15.4 Å². The minimum Gasteiger partial charge on any atom is -0.487 e. The van der Waals surface area contributed by atoms with E-state index in [1.165, 1.54) is 13.0 Å². The van der Waals surface area contributed by atoms with Crippen LogP contribution >= 0.6 is 0 Å². The molecule has 1 heterocycles. The topological polar surface area (TPSA) is 80.3 Å². The third-order valence-corrected chi connectivity index (χ3v) is 3.72. The minimum absolute atomic E-state index is 0.202. The number of nitrogens with zero attached hydrogens (tertiary/aromatic N) is 1. The number of alkyl halides is 2. The molecule has 0 fully saturated rings. The lowest BCUT2D eigenvalue weighted by Crippen LogP contribution is -2.24. The van der Waals surface area contributed by atoms with E-state index in [1.54, 1.807) is 38.1 Å². The molecule has 0 saturated heterocycles. The van der Waals surface area contributed by atoms with Gasteiger partial charge in [-0.05, 0) is 43.2 Å². The molecule has 0 radical (unpaired) electrons. The molecule has 2 aromatic rings. The molecule has 0 bridgehead atoms. The van der Waals surface area contributed by atoms with Crippen LogP contribution in [-0.2, 0) is 11.3 Å². The van der Waals surface area contributed by atoms with E-state index in [9.17, 15) is 18.4 Å². The van der Waals surface area contributed by atoms with E-state index in [0.29, 0.717) is 28.4 Å². The lowest BCUT2D eigenvalue weighted by atomic mass is 10.1. The Hall–Kier alpha value is -3.03. The third-order valence-electron chi connectivity index (χ3n) is 3.72. The van der Waals surface area contributed by atoms with Gasteiger partial charge in [-0.15, -0.1) is 0 Å². The number of ether oxygens (including phenoxy) is 1. The number of aryl methyl sites for hydroxylation is 1. The average molecular weight is 377 g/mol. The number of anilines is 1. The van der Waals surface area contributed by atoms with Gasteiger partial charge in [0.1, 0.15) is 18.2 Å². The van der Waals surface area contributed by atoms with Gasteiger partial charge in [0.05, 0.1) is 0 Å². The molecule has 0 aliphatic rings. The summed E-state index contributed by atoms with van der Waals surface area (Å²) in [5, 5.41) is 5.32. The maximum atomic E-state index is 12.4. The van der Waals surface area contributed by atoms with Crippen molar-refractivity contribution in [2.24, 2.45) is 0 Å². The Morgan fingerprint density at radius 1 is 1.22 bits per heavy atom. The molecule has 0 aliphatic heterocycles. The lowest BCUT2D eigenvalue weighted by molar-refractivity contribution is -0.114. The third kappa shape index (κ3) is 6.02. The zero-order valence-corrected chi connectivity index (χ0v) is 15.3. The maximum absolute atomic E-state index is 12.4. The van der Waals surface area contributed by atoms with Crippen molar-refractivity contribution < 1.29 is 23.1 Å². The smallest absolute Gasteiger partial charge is 0.272 e. The summed E-state index contributed by atoms with van der Waals surface area (Å²) in [5.41, 5.74) is 2.38. The number of aromatic nitrogens is 1. The Kier molecular flexibility index (Phi) is 6.81. The molecule has 0 spiro atoms. The Labute approximate surface area is 155 Å². The molecule has 27 heavy (non-hydrogen) atoms. The van der Waals surface area contributed by atoms with Gasteiger partial charge in [0, 0.05) is 24.7 Å². The molecule has 0 unspecified atom stereocenters. The molecule has 0 atom stereocenters. The molecule has 2 N–H and O–H groups in total. The zero-order valence-electron chi connectivity index (χ0n) is 15.3. The Morgan fingerprint density at radius 3 is 2.63 bits per heavy atom. The molecular weight excluding hydrogens is 356 g/mol. The van der Waals surface area contributed by atoms with Crippen LogP contribution in [0.3, 0.4) is 0 Å². The van der Waals surface area contributed by atoms with Crippen LogP contribution in [0.2, 0.25) is 0 Å². The number of benzene rings is 1. The number of nitrogens with one attached hydrogen (secondary N) is 2. The van der Waals surface area contributed by atoms with E-state index >= 15 is 0 Å². The van der Waals surface area contributed by atoms with Gasteiger partial charge in [-0.1, -0.05) is 12.1 Å². The van der Waals surface area contributed by atoms with Crippen LogP contribution in [0.4, 0.5) is 14.6 Å². The van der Waals surface area contributed by atoms with Gasteiger partial charge in [-0.2, -0.15) is 0 Å². The number of hydrogen-bond donors (Lipinski definition) is 2. The van der Waals surface area contributed by atoms with Crippen molar-refractivity contribution in [1.82, 2.24) is 10.3 Å². The number of carbonyl (C=O) groups excluding carboxylic acids is 2. The molecule has 0 saturated carbocycles. The summed E-state index contributed by atoms with van der Waals surface area (Å²) in [6.07, 6.45) is -2.56. The van der Waals surface area contributed by atoms with Crippen LogP contribution in [0.15, 0.2) is 30.3 Å². The van der Waals surface area contributed by atoms with Crippen molar-refractivity contribution in [3.63, 3.8) is 0 Å². The second-order valence-corrected chi connectivity index (χ2v) is 5.99. The highest BCUT2D eigenvalue weighted by atomic mass is 19.3. The van der Waals surface area contributed by atoms with Crippen molar-refractivity contribution >= 4 is 17.6 Å². The minimum atomic E-state index is -2.56. The van der Waals surface area contributed by atoms with Gasteiger partial charge in [-0.25, -0.2) is 13.8 Å². The van der Waals surface area contributed by atoms with E-state index in [-0.39, 0.29) is 18.4 Å². The summed E-state index contributed by atoms with van der Waals surface area (Å²) < 4.78 is 29.7. The van der Waals surface area contributed by atoms with Gasteiger partial charge >= 0.3 is 0 Å².